The third-order valence-electron chi connectivity index (χ3n) is 3.02. The standard InChI is InChI=1S/C14H17BrN2O3/c15-11-6-3-9(8-12(11)18)14(20)16-7-1-2-13(19)17-10-4-5-10/h3,6,8,10,18H,1-2,4-5,7H2,(H,16,20)(H,17,19). The summed E-state index contributed by atoms with van der Waals surface area (Å²) in [5.74, 6) is -0.181. The van der Waals surface area contributed by atoms with E-state index in [-0.39, 0.29) is 17.6 Å². The Bertz CT molecular complexity index is 515. The minimum Gasteiger partial charge on any atom is -0.507 e. The Labute approximate surface area is 125 Å². The van der Waals surface area contributed by atoms with Crippen LogP contribution < -0.4 is 10.6 Å². The molecule has 1 saturated carbocycles. The molecule has 0 heterocycles. The van der Waals surface area contributed by atoms with E-state index < -0.39 is 0 Å². The van der Waals surface area contributed by atoms with Gasteiger partial charge in [-0.1, -0.05) is 0 Å². The van der Waals surface area contributed by atoms with Crippen molar-refractivity contribution in [3.8, 4) is 5.75 Å². The molecule has 0 aromatic heterocycles. The van der Waals surface area contributed by atoms with Gasteiger partial charge in [-0.3, -0.25) is 9.59 Å². The lowest BCUT2D eigenvalue weighted by Gasteiger charge is -2.06. The summed E-state index contributed by atoms with van der Waals surface area (Å²) in [6.45, 7) is 0.438. The molecule has 0 unspecified atom stereocenters. The number of carbonyl (C=O) groups excluding carboxylic acids is 2. The van der Waals surface area contributed by atoms with Crippen molar-refractivity contribution in [3.05, 3.63) is 28.2 Å². The van der Waals surface area contributed by atoms with Gasteiger partial charge in [0.1, 0.15) is 5.75 Å². The minimum absolute atomic E-state index is 0.0291. The van der Waals surface area contributed by atoms with Gasteiger partial charge in [0.15, 0.2) is 0 Å². The van der Waals surface area contributed by atoms with Gasteiger partial charge in [-0.15, -0.1) is 0 Å². The Kier molecular flexibility index (Phi) is 5.00. The van der Waals surface area contributed by atoms with Gasteiger partial charge in [0.25, 0.3) is 5.91 Å². The molecule has 0 bridgehead atoms. The zero-order valence-corrected chi connectivity index (χ0v) is 12.6. The van der Waals surface area contributed by atoms with E-state index in [1.165, 1.54) is 6.07 Å². The molecule has 1 aromatic rings. The molecule has 1 aromatic carbocycles. The van der Waals surface area contributed by atoms with Crippen molar-refractivity contribution >= 4 is 27.7 Å². The number of carbonyl (C=O) groups is 2. The fraction of sp³-hybridized carbons (Fsp3) is 0.429. The van der Waals surface area contributed by atoms with Crippen LogP contribution in [0.5, 0.6) is 5.75 Å². The van der Waals surface area contributed by atoms with Crippen molar-refractivity contribution in [1.82, 2.24) is 10.6 Å². The first kappa shape index (κ1) is 14.8. The summed E-state index contributed by atoms with van der Waals surface area (Å²) in [5, 5.41) is 15.1. The molecule has 6 heteroatoms. The first-order valence-electron chi connectivity index (χ1n) is 6.62. The lowest BCUT2D eigenvalue weighted by Crippen LogP contribution is -2.28. The van der Waals surface area contributed by atoms with Crippen LogP contribution in [0.1, 0.15) is 36.0 Å². The molecule has 0 spiro atoms. The Hall–Kier alpha value is -1.56. The summed E-state index contributed by atoms with van der Waals surface area (Å²) < 4.78 is 0.547. The first-order valence-corrected chi connectivity index (χ1v) is 7.41. The average molecular weight is 341 g/mol. The molecule has 20 heavy (non-hydrogen) atoms. The molecule has 1 aliphatic carbocycles. The monoisotopic (exact) mass is 340 g/mol. The second-order valence-corrected chi connectivity index (χ2v) is 5.72. The highest BCUT2D eigenvalue weighted by atomic mass is 79.9. The predicted molar refractivity (Wildman–Crippen MR) is 78.5 cm³/mol. The lowest BCUT2D eigenvalue weighted by atomic mass is 10.2. The second kappa shape index (κ2) is 6.74. The Balaban J connectivity index is 1.68. The molecule has 1 aliphatic rings. The second-order valence-electron chi connectivity index (χ2n) is 4.87. The summed E-state index contributed by atoms with van der Waals surface area (Å²) in [6.07, 6.45) is 3.18. The molecule has 2 amide bonds. The lowest BCUT2D eigenvalue weighted by molar-refractivity contribution is -0.121. The number of hydrogen-bond donors (Lipinski definition) is 3. The summed E-state index contributed by atoms with van der Waals surface area (Å²) in [6, 6.07) is 5.02. The molecule has 108 valence electrons. The van der Waals surface area contributed by atoms with Gasteiger partial charge in [-0.05, 0) is 53.4 Å². The zero-order valence-electron chi connectivity index (χ0n) is 11.0. The van der Waals surface area contributed by atoms with Gasteiger partial charge in [0, 0.05) is 24.6 Å². The maximum absolute atomic E-state index is 11.8. The average Bonchev–Trinajstić information content (AvgIpc) is 3.21. The van der Waals surface area contributed by atoms with E-state index in [2.05, 4.69) is 26.6 Å². The number of phenols is 1. The van der Waals surface area contributed by atoms with Crippen molar-refractivity contribution in [2.24, 2.45) is 0 Å². The van der Waals surface area contributed by atoms with E-state index in [1.807, 2.05) is 0 Å². The van der Waals surface area contributed by atoms with Crippen molar-refractivity contribution in [1.29, 1.82) is 0 Å². The maximum Gasteiger partial charge on any atom is 0.251 e. The molecule has 0 aliphatic heterocycles. The van der Waals surface area contributed by atoms with Crippen LogP contribution in [-0.4, -0.2) is 29.5 Å². The highest BCUT2D eigenvalue weighted by Crippen LogP contribution is 2.24. The van der Waals surface area contributed by atoms with Crippen LogP contribution in [0.15, 0.2) is 22.7 Å². The minimum atomic E-state index is -0.254. The molecule has 0 radical (unpaired) electrons. The van der Waals surface area contributed by atoms with E-state index in [0.717, 1.165) is 12.8 Å². The van der Waals surface area contributed by atoms with Crippen LogP contribution >= 0.6 is 15.9 Å². The van der Waals surface area contributed by atoms with Crippen molar-refractivity contribution in [2.45, 2.75) is 31.7 Å². The number of amides is 2. The molecular formula is C14H17BrN2O3. The SMILES string of the molecule is O=C(CCCNC(=O)c1ccc(Br)c(O)c1)NC1CC1. The van der Waals surface area contributed by atoms with Crippen LogP contribution in [0.25, 0.3) is 0 Å². The van der Waals surface area contributed by atoms with E-state index in [9.17, 15) is 14.7 Å². The highest BCUT2D eigenvalue weighted by Gasteiger charge is 2.22. The van der Waals surface area contributed by atoms with Gasteiger partial charge in [-0.2, -0.15) is 0 Å². The topological polar surface area (TPSA) is 78.4 Å². The summed E-state index contributed by atoms with van der Waals surface area (Å²) in [5.41, 5.74) is 0.396. The van der Waals surface area contributed by atoms with Gasteiger partial charge in [-0.25, -0.2) is 0 Å². The van der Waals surface area contributed by atoms with Crippen molar-refractivity contribution in [3.63, 3.8) is 0 Å². The zero-order chi connectivity index (χ0) is 14.5. The summed E-state index contributed by atoms with van der Waals surface area (Å²) in [7, 11) is 0. The number of hydrogen-bond acceptors (Lipinski definition) is 3. The third kappa shape index (κ3) is 4.52. The highest BCUT2D eigenvalue weighted by molar-refractivity contribution is 9.10. The van der Waals surface area contributed by atoms with Gasteiger partial charge >= 0.3 is 0 Å². The molecular weight excluding hydrogens is 324 g/mol. The smallest absolute Gasteiger partial charge is 0.251 e. The van der Waals surface area contributed by atoms with Crippen LogP contribution in [0.3, 0.4) is 0 Å². The predicted octanol–water partition coefficient (Wildman–Crippen LogP) is 1.94. The number of nitrogens with one attached hydrogen (secondary N) is 2. The van der Waals surface area contributed by atoms with Crippen LogP contribution in [-0.2, 0) is 4.79 Å². The number of benzene rings is 1. The summed E-state index contributed by atoms with van der Waals surface area (Å²) >= 11 is 3.16. The Morgan fingerprint density at radius 2 is 2.10 bits per heavy atom. The number of rotatable bonds is 6. The molecule has 0 saturated heterocycles. The first-order chi connectivity index (χ1) is 9.56. The van der Waals surface area contributed by atoms with Crippen LogP contribution in [0, 0.1) is 0 Å². The fourth-order valence-corrected chi connectivity index (χ4v) is 1.98. The molecule has 2 rings (SSSR count). The Morgan fingerprint density at radius 3 is 2.75 bits per heavy atom. The van der Waals surface area contributed by atoms with Crippen LogP contribution in [0.4, 0.5) is 0 Å². The summed E-state index contributed by atoms with van der Waals surface area (Å²) in [4.78, 5) is 23.2. The quantitative estimate of drug-likeness (QED) is 0.692. The van der Waals surface area contributed by atoms with Crippen molar-refractivity contribution in [2.75, 3.05) is 6.54 Å². The normalized spacial score (nSPS) is 13.8. The van der Waals surface area contributed by atoms with E-state index in [4.69, 9.17) is 0 Å². The number of halogens is 1. The van der Waals surface area contributed by atoms with Crippen molar-refractivity contribution < 1.29 is 14.7 Å². The van der Waals surface area contributed by atoms with Gasteiger partial charge in [0.05, 0.1) is 4.47 Å². The third-order valence-corrected chi connectivity index (χ3v) is 3.69. The molecule has 3 N–H and O–H groups in total. The molecule has 5 nitrogen and oxygen atoms in total. The fourth-order valence-electron chi connectivity index (χ4n) is 1.73. The van der Waals surface area contributed by atoms with E-state index >= 15 is 0 Å². The van der Waals surface area contributed by atoms with Gasteiger partial charge in [0.2, 0.25) is 5.91 Å². The largest absolute Gasteiger partial charge is 0.507 e. The number of aromatic hydroxyl groups is 1. The molecule has 1 fully saturated rings. The van der Waals surface area contributed by atoms with Crippen LogP contribution in [0.2, 0.25) is 0 Å². The van der Waals surface area contributed by atoms with Gasteiger partial charge < -0.3 is 15.7 Å². The maximum atomic E-state index is 11.8. The Morgan fingerprint density at radius 1 is 1.35 bits per heavy atom. The van der Waals surface area contributed by atoms with E-state index in [1.54, 1.807) is 12.1 Å². The number of phenolic OH excluding ortho intramolecular Hbond substituents is 1. The molecule has 0 atom stereocenters. The van der Waals surface area contributed by atoms with E-state index in [0.29, 0.717) is 35.5 Å².